The Balaban J connectivity index is 2.92. The molecule has 0 aromatic carbocycles. The molecular formula is C8H12N2O4S3. The fourth-order valence-electron chi connectivity index (χ4n) is 1.00. The number of rotatable bonds is 6. The average molecular weight is 296 g/mol. The smallest absolute Gasteiger partial charge is 0.358 e. The summed E-state index contributed by atoms with van der Waals surface area (Å²) in [5.74, 6) is -0.0949. The summed E-state index contributed by atoms with van der Waals surface area (Å²) in [6, 6.07) is 0. The van der Waals surface area contributed by atoms with E-state index in [0.29, 0.717) is 12.3 Å². The minimum absolute atomic E-state index is 0.106. The highest BCUT2D eigenvalue weighted by molar-refractivity contribution is 7.98. The highest BCUT2D eigenvalue weighted by atomic mass is 32.2. The lowest BCUT2D eigenvalue weighted by atomic mass is 10.5. The first kappa shape index (κ1) is 14.4. The zero-order valence-corrected chi connectivity index (χ0v) is 11.7. The molecule has 9 heteroatoms. The zero-order chi connectivity index (χ0) is 12.9. The SMILES string of the molecule is COC(=O)c1ncsc1S(=O)(=O)NCCSC. The summed E-state index contributed by atoms with van der Waals surface area (Å²) >= 11 is 2.41. The maximum Gasteiger partial charge on any atom is 0.358 e. The summed E-state index contributed by atoms with van der Waals surface area (Å²) in [7, 11) is -2.50. The number of aromatic nitrogens is 1. The quantitative estimate of drug-likeness (QED) is 0.610. The van der Waals surface area contributed by atoms with Crippen LogP contribution in [0, 0.1) is 0 Å². The van der Waals surface area contributed by atoms with Gasteiger partial charge in [0.05, 0.1) is 12.6 Å². The van der Waals surface area contributed by atoms with Crippen molar-refractivity contribution >= 4 is 39.1 Å². The predicted octanol–water partition coefficient (Wildman–Crippen LogP) is 0.571. The van der Waals surface area contributed by atoms with Gasteiger partial charge in [-0.25, -0.2) is 22.9 Å². The number of thioether (sulfide) groups is 1. The highest BCUT2D eigenvalue weighted by Gasteiger charge is 2.25. The normalized spacial score (nSPS) is 11.4. The summed E-state index contributed by atoms with van der Waals surface area (Å²) in [5.41, 5.74) is 1.13. The van der Waals surface area contributed by atoms with E-state index in [4.69, 9.17) is 0 Å². The van der Waals surface area contributed by atoms with Gasteiger partial charge in [0.25, 0.3) is 10.0 Å². The first-order chi connectivity index (χ1) is 8.03. The van der Waals surface area contributed by atoms with Gasteiger partial charge in [-0.3, -0.25) is 0 Å². The third kappa shape index (κ3) is 3.66. The number of carbonyl (C=O) groups excluding carboxylic acids is 1. The topological polar surface area (TPSA) is 85.4 Å². The molecule has 1 aromatic heterocycles. The van der Waals surface area contributed by atoms with E-state index in [1.165, 1.54) is 24.4 Å². The van der Waals surface area contributed by atoms with E-state index < -0.39 is 16.0 Å². The number of sulfonamides is 1. The van der Waals surface area contributed by atoms with E-state index in [1.54, 1.807) is 0 Å². The van der Waals surface area contributed by atoms with Gasteiger partial charge < -0.3 is 4.74 Å². The van der Waals surface area contributed by atoms with Crippen LogP contribution in [0.15, 0.2) is 9.72 Å². The summed E-state index contributed by atoms with van der Waals surface area (Å²) in [4.78, 5) is 15.0. The molecule has 1 N–H and O–H groups in total. The average Bonchev–Trinajstić information content (AvgIpc) is 2.78. The molecule has 1 aromatic rings. The second-order valence-corrected chi connectivity index (χ2v) is 6.67. The number of nitrogens with zero attached hydrogens (tertiary/aromatic N) is 1. The minimum atomic E-state index is -3.68. The molecule has 96 valence electrons. The van der Waals surface area contributed by atoms with Crippen LogP contribution in [0.4, 0.5) is 0 Å². The number of carbonyl (C=O) groups is 1. The van der Waals surface area contributed by atoms with Gasteiger partial charge in [-0.15, -0.1) is 11.3 Å². The van der Waals surface area contributed by atoms with Crippen molar-refractivity contribution in [2.24, 2.45) is 0 Å². The van der Waals surface area contributed by atoms with Crippen molar-refractivity contribution in [3.05, 3.63) is 11.2 Å². The van der Waals surface area contributed by atoms with E-state index in [2.05, 4.69) is 14.4 Å². The summed E-state index contributed by atoms with van der Waals surface area (Å²) in [6.07, 6.45) is 1.88. The van der Waals surface area contributed by atoms with Crippen molar-refractivity contribution in [1.82, 2.24) is 9.71 Å². The van der Waals surface area contributed by atoms with Gasteiger partial charge in [0, 0.05) is 12.3 Å². The Morgan fingerprint density at radius 2 is 2.35 bits per heavy atom. The summed E-state index contributed by atoms with van der Waals surface area (Å²) in [5, 5.41) is 0. The van der Waals surface area contributed by atoms with Crippen molar-refractivity contribution in [2.75, 3.05) is 25.7 Å². The predicted molar refractivity (Wildman–Crippen MR) is 67.0 cm³/mol. The number of hydrogen-bond donors (Lipinski definition) is 1. The van der Waals surface area contributed by atoms with Crippen molar-refractivity contribution in [3.63, 3.8) is 0 Å². The Hall–Kier alpha value is -0.640. The maximum absolute atomic E-state index is 11.9. The van der Waals surface area contributed by atoms with Crippen LogP contribution in [0.3, 0.4) is 0 Å². The molecule has 0 atom stereocenters. The molecule has 0 spiro atoms. The van der Waals surface area contributed by atoms with E-state index in [-0.39, 0.29) is 9.90 Å². The van der Waals surface area contributed by atoms with Crippen LogP contribution in [0.1, 0.15) is 10.5 Å². The number of ether oxygens (including phenoxy) is 1. The molecule has 0 fully saturated rings. The lowest BCUT2D eigenvalue weighted by molar-refractivity contribution is 0.0590. The maximum atomic E-state index is 11.9. The molecule has 1 heterocycles. The van der Waals surface area contributed by atoms with Crippen molar-refractivity contribution in [2.45, 2.75) is 4.21 Å². The molecule has 0 bridgehead atoms. The van der Waals surface area contributed by atoms with Crippen LogP contribution < -0.4 is 4.72 Å². The highest BCUT2D eigenvalue weighted by Crippen LogP contribution is 2.20. The molecule has 6 nitrogen and oxygen atoms in total. The first-order valence-corrected chi connectivity index (χ1v) is 8.29. The van der Waals surface area contributed by atoms with Gasteiger partial charge in [0.2, 0.25) is 0 Å². The molecule has 0 radical (unpaired) electrons. The van der Waals surface area contributed by atoms with Crippen LogP contribution in [-0.2, 0) is 14.8 Å². The van der Waals surface area contributed by atoms with Crippen molar-refractivity contribution < 1.29 is 17.9 Å². The van der Waals surface area contributed by atoms with Gasteiger partial charge in [-0.2, -0.15) is 11.8 Å². The van der Waals surface area contributed by atoms with Crippen LogP contribution in [0.25, 0.3) is 0 Å². The minimum Gasteiger partial charge on any atom is -0.464 e. The second kappa shape index (κ2) is 6.34. The third-order valence-corrected chi connectivity index (χ3v) is 5.20. The molecule has 0 amide bonds. The van der Waals surface area contributed by atoms with Crippen LogP contribution in [0.5, 0.6) is 0 Å². The largest absolute Gasteiger partial charge is 0.464 e. The molecule has 0 saturated heterocycles. The number of methoxy groups -OCH3 is 1. The molecule has 0 aliphatic heterocycles. The Kier molecular flexibility index (Phi) is 5.37. The van der Waals surface area contributed by atoms with Gasteiger partial charge in [-0.1, -0.05) is 0 Å². The number of nitrogens with one attached hydrogen (secondary N) is 1. The molecule has 0 saturated carbocycles. The number of hydrogen-bond acceptors (Lipinski definition) is 7. The number of thiazole rings is 1. The monoisotopic (exact) mass is 296 g/mol. The molecule has 0 aliphatic rings. The molecule has 0 unspecified atom stereocenters. The van der Waals surface area contributed by atoms with Crippen LogP contribution >= 0.6 is 23.1 Å². The van der Waals surface area contributed by atoms with E-state index in [1.807, 2.05) is 6.26 Å². The first-order valence-electron chi connectivity index (χ1n) is 4.53. The summed E-state index contributed by atoms with van der Waals surface area (Å²) < 4.78 is 30.5. The lowest BCUT2D eigenvalue weighted by Gasteiger charge is -2.04. The fraction of sp³-hybridized carbons (Fsp3) is 0.500. The van der Waals surface area contributed by atoms with E-state index in [0.717, 1.165) is 11.3 Å². The third-order valence-electron chi connectivity index (χ3n) is 1.76. The molecule has 1 rings (SSSR count). The molecule has 17 heavy (non-hydrogen) atoms. The fourth-order valence-corrected chi connectivity index (χ4v) is 3.64. The van der Waals surface area contributed by atoms with Crippen molar-refractivity contribution in [1.29, 1.82) is 0 Å². The number of esters is 1. The van der Waals surface area contributed by atoms with Gasteiger partial charge >= 0.3 is 5.97 Å². The second-order valence-electron chi connectivity index (χ2n) is 2.87. The standard InChI is InChI=1S/C8H12N2O4S3/c1-14-7(11)6-8(16-5-9-6)17(12,13)10-3-4-15-2/h5,10H,3-4H2,1-2H3. The Bertz CT molecular complexity index is 483. The summed E-state index contributed by atoms with van der Waals surface area (Å²) in [6.45, 7) is 0.308. The van der Waals surface area contributed by atoms with E-state index in [9.17, 15) is 13.2 Å². The van der Waals surface area contributed by atoms with Gasteiger partial charge in [0.15, 0.2) is 9.90 Å². The Labute approximate surface area is 108 Å². The van der Waals surface area contributed by atoms with Crippen LogP contribution in [0.2, 0.25) is 0 Å². The van der Waals surface area contributed by atoms with Gasteiger partial charge in [-0.05, 0) is 6.26 Å². The van der Waals surface area contributed by atoms with Crippen molar-refractivity contribution in [3.8, 4) is 0 Å². The lowest BCUT2D eigenvalue weighted by Crippen LogP contribution is -2.26. The van der Waals surface area contributed by atoms with Crippen LogP contribution in [-0.4, -0.2) is 45.0 Å². The Morgan fingerprint density at radius 3 is 2.94 bits per heavy atom. The molecular weight excluding hydrogens is 284 g/mol. The van der Waals surface area contributed by atoms with Gasteiger partial charge in [0.1, 0.15) is 0 Å². The van der Waals surface area contributed by atoms with E-state index >= 15 is 0 Å². The molecule has 0 aliphatic carbocycles. The zero-order valence-electron chi connectivity index (χ0n) is 9.30. The Morgan fingerprint density at radius 1 is 1.65 bits per heavy atom.